The molecular weight excluding hydrogens is 348 g/mol. The number of hydrogen-bond acceptors (Lipinski definition) is 1. The van der Waals surface area contributed by atoms with Gasteiger partial charge in [-0.15, -0.1) is 0 Å². The second kappa shape index (κ2) is 5.09. The maximum atomic E-state index is 13.1. The Morgan fingerprint density at radius 1 is 1.39 bits per heavy atom. The summed E-state index contributed by atoms with van der Waals surface area (Å²) in [6.07, 6.45) is 0. The van der Waals surface area contributed by atoms with Crippen LogP contribution < -0.4 is 0 Å². The quantitative estimate of drug-likeness (QED) is 0.851. The van der Waals surface area contributed by atoms with Crippen LogP contribution in [-0.2, 0) is 6.54 Å². The lowest BCUT2D eigenvalue weighted by Crippen LogP contribution is -2.08. The second-order valence-electron chi connectivity index (χ2n) is 3.78. The van der Waals surface area contributed by atoms with Gasteiger partial charge in [0.1, 0.15) is 11.5 Å². The largest absolute Gasteiger partial charge is 0.477 e. The summed E-state index contributed by atoms with van der Waals surface area (Å²) >= 11 is 2.05. The van der Waals surface area contributed by atoms with Crippen LogP contribution in [0.15, 0.2) is 30.3 Å². The first kappa shape index (κ1) is 13.1. The third kappa shape index (κ3) is 2.27. The van der Waals surface area contributed by atoms with Crippen LogP contribution in [0.4, 0.5) is 4.39 Å². The minimum Gasteiger partial charge on any atom is -0.477 e. The fraction of sp³-hybridized carbons (Fsp3) is 0.154. The minimum atomic E-state index is -0.958. The molecule has 0 saturated heterocycles. The summed E-state index contributed by atoms with van der Waals surface area (Å²) in [6.45, 7) is 2.43. The van der Waals surface area contributed by atoms with Gasteiger partial charge in [0.05, 0.1) is 0 Å². The van der Waals surface area contributed by atoms with Gasteiger partial charge in [-0.25, -0.2) is 9.18 Å². The van der Waals surface area contributed by atoms with Crippen LogP contribution in [-0.4, -0.2) is 15.6 Å². The van der Waals surface area contributed by atoms with E-state index in [0.717, 1.165) is 14.8 Å². The molecule has 2 rings (SSSR count). The van der Waals surface area contributed by atoms with Gasteiger partial charge in [0.25, 0.3) is 0 Å². The zero-order chi connectivity index (χ0) is 13.3. The summed E-state index contributed by atoms with van der Waals surface area (Å²) in [7, 11) is 0. The fourth-order valence-electron chi connectivity index (χ4n) is 1.93. The van der Waals surface area contributed by atoms with Gasteiger partial charge < -0.3 is 9.67 Å². The van der Waals surface area contributed by atoms with Gasteiger partial charge >= 0.3 is 5.97 Å². The second-order valence-corrected chi connectivity index (χ2v) is 4.94. The van der Waals surface area contributed by atoms with E-state index in [1.54, 1.807) is 22.8 Å². The first-order chi connectivity index (χ1) is 8.54. The Hall–Kier alpha value is -1.37. The molecule has 1 heterocycles. The molecule has 0 radical (unpaired) electrons. The highest BCUT2D eigenvalue weighted by atomic mass is 127. The maximum absolute atomic E-state index is 13.1. The van der Waals surface area contributed by atoms with E-state index in [2.05, 4.69) is 0 Å². The van der Waals surface area contributed by atoms with Crippen LogP contribution in [0.3, 0.4) is 0 Å². The van der Waals surface area contributed by atoms with Crippen molar-refractivity contribution in [2.24, 2.45) is 0 Å². The molecule has 3 nitrogen and oxygen atoms in total. The molecule has 1 aromatic carbocycles. The summed E-state index contributed by atoms with van der Waals surface area (Å²) in [5.41, 5.74) is 1.87. The lowest BCUT2D eigenvalue weighted by atomic mass is 10.1. The molecule has 0 unspecified atom stereocenters. The SMILES string of the molecule is CCn1c(C(=O)O)ccc1-c1ccc(F)cc1I. The first-order valence-corrected chi connectivity index (χ1v) is 6.50. The van der Waals surface area contributed by atoms with Crippen molar-refractivity contribution in [2.75, 3.05) is 0 Å². The molecule has 1 aromatic heterocycles. The Morgan fingerprint density at radius 2 is 2.11 bits per heavy atom. The van der Waals surface area contributed by atoms with E-state index in [1.807, 2.05) is 29.5 Å². The molecule has 0 aliphatic carbocycles. The smallest absolute Gasteiger partial charge is 0.352 e. The van der Waals surface area contributed by atoms with Gasteiger partial charge in [-0.05, 0) is 59.8 Å². The average Bonchev–Trinajstić information content (AvgIpc) is 2.72. The van der Waals surface area contributed by atoms with E-state index in [-0.39, 0.29) is 11.5 Å². The van der Waals surface area contributed by atoms with Crippen molar-refractivity contribution in [1.29, 1.82) is 0 Å². The van der Waals surface area contributed by atoms with Crippen LogP contribution in [0.2, 0.25) is 0 Å². The number of carboxylic acid groups (broad SMARTS) is 1. The Morgan fingerprint density at radius 3 is 2.67 bits per heavy atom. The lowest BCUT2D eigenvalue weighted by molar-refractivity contribution is 0.0685. The standard InChI is InChI=1S/C13H11FINO2/c1-2-16-11(5-6-12(16)13(17)18)9-4-3-8(14)7-10(9)15/h3-7H,2H2,1H3,(H,17,18). The summed E-state index contributed by atoms with van der Waals surface area (Å²) in [5, 5.41) is 9.09. The van der Waals surface area contributed by atoms with Crippen LogP contribution in [0.25, 0.3) is 11.3 Å². The summed E-state index contributed by atoms with van der Waals surface area (Å²) in [5.74, 6) is -1.25. The Kier molecular flexibility index (Phi) is 3.70. The average molecular weight is 359 g/mol. The number of hydrogen-bond donors (Lipinski definition) is 1. The van der Waals surface area contributed by atoms with Crippen molar-refractivity contribution in [3.05, 3.63) is 45.4 Å². The van der Waals surface area contributed by atoms with Crippen LogP contribution in [0.5, 0.6) is 0 Å². The predicted octanol–water partition coefficient (Wildman–Crippen LogP) is 3.62. The molecule has 0 fully saturated rings. The molecule has 2 aromatic rings. The van der Waals surface area contributed by atoms with E-state index in [0.29, 0.717) is 6.54 Å². The minimum absolute atomic E-state index is 0.243. The number of aromatic carboxylic acids is 1. The van der Waals surface area contributed by atoms with Gasteiger partial charge in [0, 0.05) is 21.4 Å². The zero-order valence-corrected chi connectivity index (χ0v) is 11.8. The number of halogens is 2. The van der Waals surface area contributed by atoms with Crippen molar-refractivity contribution in [2.45, 2.75) is 13.5 Å². The number of carboxylic acids is 1. The van der Waals surface area contributed by atoms with Crippen molar-refractivity contribution in [3.8, 4) is 11.3 Å². The summed E-state index contributed by atoms with van der Waals surface area (Å²) < 4.78 is 15.5. The van der Waals surface area contributed by atoms with Gasteiger partial charge in [-0.3, -0.25) is 0 Å². The van der Waals surface area contributed by atoms with E-state index >= 15 is 0 Å². The molecule has 0 atom stereocenters. The highest BCUT2D eigenvalue weighted by Gasteiger charge is 2.15. The predicted molar refractivity (Wildman–Crippen MR) is 75.2 cm³/mol. The molecule has 18 heavy (non-hydrogen) atoms. The Labute approximate surface area is 117 Å². The van der Waals surface area contributed by atoms with Crippen molar-refractivity contribution < 1.29 is 14.3 Å². The zero-order valence-electron chi connectivity index (χ0n) is 9.65. The van der Waals surface area contributed by atoms with E-state index in [4.69, 9.17) is 5.11 Å². The van der Waals surface area contributed by atoms with Gasteiger partial charge in [0.2, 0.25) is 0 Å². The van der Waals surface area contributed by atoms with Gasteiger partial charge in [0.15, 0.2) is 0 Å². The molecule has 0 bridgehead atoms. The van der Waals surface area contributed by atoms with E-state index in [9.17, 15) is 9.18 Å². The van der Waals surface area contributed by atoms with Crippen molar-refractivity contribution in [1.82, 2.24) is 4.57 Å². The highest BCUT2D eigenvalue weighted by Crippen LogP contribution is 2.28. The molecule has 0 aliphatic rings. The topological polar surface area (TPSA) is 42.2 Å². The third-order valence-corrected chi connectivity index (χ3v) is 3.62. The number of rotatable bonds is 3. The van der Waals surface area contributed by atoms with Crippen molar-refractivity contribution in [3.63, 3.8) is 0 Å². The van der Waals surface area contributed by atoms with E-state index < -0.39 is 5.97 Å². The maximum Gasteiger partial charge on any atom is 0.352 e. The molecule has 5 heteroatoms. The number of benzene rings is 1. The third-order valence-electron chi connectivity index (χ3n) is 2.72. The Balaban J connectivity index is 2.60. The van der Waals surface area contributed by atoms with Gasteiger partial charge in [-0.1, -0.05) is 0 Å². The van der Waals surface area contributed by atoms with E-state index in [1.165, 1.54) is 12.1 Å². The summed E-state index contributed by atoms with van der Waals surface area (Å²) in [6, 6.07) is 7.81. The number of nitrogens with zero attached hydrogens (tertiary/aromatic N) is 1. The molecule has 0 spiro atoms. The van der Waals surface area contributed by atoms with Crippen LogP contribution in [0.1, 0.15) is 17.4 Å². The van der Waals surface area contributed by atoms with Crippen LogP contribution in [0, 0.1) is 9.39 Å². The fourth-order valence-corrected chi connectivity index (χ4v) is 2.68. The highest BCUT2D eigenvalue weighted by molar-refractivity contribution is 14.1. The number of carbonyl (C=O) groups is 1. The first-order valence-electron chi connectivity index (χ1n) is 5.42. The molecule has 1 N–H and O–H groups in total. The van der Waals surface area contributed by atoms with Crippen LogP contribution >= 0.6 is 22.6 Å². The molecular formula is C13H11FINO2. The molecule has 0 amide bonds. The summed E-state index contributed by atoms with van der Waals surface area (Å²) in [4.78, 5) is 11.1. The molecule has 0 aliphatic heterocycles. The molecule has 0 saturated carbocycles. The molecule has 94 valence electrons. The Bertz CT molecular complexity index is 607. The monoisotopic (exact) mass is 359 g/mol. The van der Waals surface area contributed by atoms with Gasteiger partial charge in [-0.2, -0.15) is 0 Å². The van der Waals surface area contributed by atoms with Crippen molar-refractivity contribution >= 4 is 28.6 Å². The lowest BCUT2D eigenvalue weighted by Gasteiger charge is -2.10. The number of aromatic nitrogens is 1. The normalized spacial score (nSPS) is 10.6.